The van der Waals surface area contributed by atoms with E-state index in [9.17, 15) is 29.1 Å². The van der Waals surface area contributed by atoms with E-state index in [1.54, 1.807) is 44.2 Å². The van der Waals surface area contributed by atoms with Crippen LogP contribution in [0.15, 0.2) is 92.5 Å². The Morgan fingerprint density at radius 3 is 2.58 bits per heavy atom. The zero-order valence-corrected chi connectivity index (χ0v) is 34.7. The van der Waals surface area contributed by atoms with Gasteiger partial charge in [0.05, 0.1) is 47.8 Å². The summed E-state index contributed by atoms with van der Waals surface area (Å²) in [5.41, 5.74) is 6.94. The number of hydrogen-bond donors (Lipinski definition) is 4. The summed E-state index contributed by atoms with van der Waals surface area (Å²) < 4.78 is 28.3. The summed E-state index contributed by atoms with van der Waals surface area (Å²) in [5.74, 6) is 4.36. The van der Waals surface area contributed by atoms with Crippen LogP contribution in [0.1, 0.15) is 52.0 Å². The van der Waals surface area contributed by atoms with Gasteiger partial charge in [-0.15, -0.1) is 0 Å². The number of fused-ring (bicyclic) bond motifs is 3. The van der Waals surface area contributed by atoms with Crippen LogP contribution in [0.3, 0.4) is 0 Å². The van der Waals surface area contributed by atoms with Gasteiger partial charge in [-0.3, -0.25) is 19.2 Å². The number of nitrogens with two attached hydrogens (primary N) is 1. The van der Waals surface area contributed by atoms with Crippen LogP contribution in [0, 0.1) is 23.7 Å². The molecule has 1 aliphatic carbocycles. The fraction of sp³-hybridized carbons (Fsp3) is 0.444. The maximum atomic E-state index is 14.0. The van der Waals surface area contributed by atoms with E-state index >= 15 is 0 Å². The average Bonchev–Trinajstić information content (AvgIpc) is 3.22. The number of nitrogens with zero attached hydrogens (tertiary/aromatic N) is 1. The number of amides is 2. The van der Waals surface area contributed by atoms with E-state index in [0.717, 1.165) is 6.08 Å². The Hall–Kier alpha value is -5.79. The molecule has 1 aromatic heterocycles. The molecule has 2 aliphatic heterocycles. The van der Waals surface area contributed by atoms with Gasteiger partial charge in [-0.25, -0.2) is 4.79 Å². The predicted molar refractivity (Wildman–Crippen MR) is 225 cm³/mol. The molecule has 2 amide bonds. The van der Waals surface area contributed by atoms with Crippen molar-refractivity contribution in [3.05, 3.63) is 99.0 Å². The molecule has 2 aromatic rings. The van der Waals surface area contributed by atoms with Crippen LogP contribution in [0.5, 0.6) is 0 Å². The lowest BCUT2D eigenvalue weighted by atomic mass is 9.85. The number of aliphatic hydroxyl groups is 1. The van der Waals surface area contributed by atoms with Crippen molar-refractivity contribution in [2.45, 2.75) is 70.9 Å². The van der Waals surface area contributed by atoms with Crippen LogP contribution >= 0.6 is 0 Å². The van der Waals surface area contributed by atoms with Crippen LogP contribution in [0.2, 0.25) is 0 Å². The van der Waals surface area contributed by atoms with E-state index in [2.05, 4.69) is 22.5 Å². The third-order valence-corrected chi connectivity index (χ3v) is 10.5. The van der Waals surface area contributed by atoms with E-state index in [1.165, 1.54) is 38.5 Å². The van der Waals surface area contributed by atoms with Gasteiger partial charge >= 0.3 is 6.09 Å². The first-order valence-corrected chi connectivity index (χ1v) is 20.0. The molecule has 6 atom stereocenters. The van der Waals surface area contributed by atoms with Crippen LogP contribution in [-0.2, 0) is 33.3 Å². The largest absolute Gasteiger partial charge is 0.439 e. The summed E-state index contributed by atoms with van der Waals surface area (Å²) in [6, 6.07) is 6.77. The normalized spacial score (nSPS) is 26.6. The topological polar surface area (TPSA) is 209 Å². The highest BCUT2D eigenvalue weighted by Gasteiger charge is 2.33. The van der Waals surface area contributed by atoms with Gasteiger partial charge in [0.1, 0.15) is 6.10 Å². The van der Waals surface area contributed by atoms with E-state index in [4.69, 9.17) is 29.1 Å². The molecule has 1 saturated heterocycles. The molecule has 15 heteroatoms. The Kier molecular flexibility index (Phi) is 16.2. The molecule has 5 N–H and O–H groups in total. The van der Waals surface area contributed by atoms with Crippen molar-refractivity contribution in [1.29, 1.82) is 0 Å². The summed E-state index contributed by atoms with van der Waals surface area (Å²) in [6.07, 6.45) is 5.45. The number of ketones is 2. The zero-order chi connectivity index (χ0) is 43.3. The Balaban J connectivity index is 1.35. The summed E-state index contributed by atoms with van der Waals surface area (Å²) in [6.45, 7) is 8.03. The fourth-order valence-electron chi connectivity index (χ4n) is 7.41. The number of nitrogens with one attached hydrogen (secondary N) is 2. The number of aliphatic hydroxyl groups excluding tert-OH is 1. The number of rotatable bonds is 8. The minimum Gasteiger partial charge on any atom is -0.439 e. The highest BCUT2D eigenvalue weighted by Crippen LogP contribution is 2.29. The summed E-state index contributed by atoms with van der Waals surface area (Å²) in [4.78, 5) is 67.3. The van der Waals surface area contributed by atoms with Crippen LogP contribution < -0.4 is 26.7 Å². The van der Waals surface area contributed by atoms with Gasteiger partial charge in [0.15, 0.2) is 23.0 Å². The van der Waals surface area contributed by atoms with Crippen molar-refractivity contribution < 1.29 is 47.6 Å². The molecular weight excluding hydrogens is 773 g/mol. The molecule has 1 fully saturated rings. The molecule has 3 heterocycles. The molecule has 320 valence electrons. The number of methoxy groups -OCH3 is 2. The monoisotopic (exact) mass is 826 g/mol. The SMILES string of the molecule is CO[C@H]1/C=C\C=C\C(=O)NC2=CC(=O)C(NCCCC#Cc3cccc4c(=O)cc(N5CCOCC5)oc34)=C(C[C@@H](C)C[C@H](OC)[C@H](O)[C@@H](C)/C=C(\C)[C@@H]1OC(N)=O)C2=O. The second-order valence-electron chi connectivity index (χ2n) is 15.0. The number of ether oxygens (including phenoxy) is 4. The van der Waals surface area contributed by atoms with Gasteiger partial charge in [0.25, 0.3) is 0 Å². The van der Waals surface area contributed by atoms with Crippen LogP contribution in [-0.4, -0.2) is 100 Å². The van der Waals surface area contributed by atoms with Crippen LogP contribution in [0.4, 0.5) is 10.7 Å². The zero-order valence-electron chi connectivity index (χ0n) is 34.7. The molecule has 1 aromatic carbocycles. The van der Waals surface area contributed by atoms with Crippen molar-refractivity contribution in [2.75, 3.05) is 52.0 Å². The lowest BCUT2D eigenvalue weighted by Crippen LogP contribution is -2.37. The van der Waals surface area contributed by atoms with Gasteiger partial charge in [-0.2, -0.15) is 0 Å². The number of para-hydroxylation sites is 1. The lowest BCUT2D eigenvalue weighted by molar-refractivity contribution is -0.119. The predicted octanol–water partition coefficient (Wildman–Crippen LogP) is 3.74. The molecule has 0 spiro atoms. The molecule has 5 rings (SSSR count). The maximum Gasteiger partial charge on any atom is 0.405 e. The smallest absolute Gasteiger partial charge is 0.405 e. The second kappa shape index (κ2) is 21.5. The quantitative estimate of drug-likeness (QED) is 0.130. The van der Waals surface area contributed by atoms with Gasteiger partial charge in [-0.05, 0) is 49.8 Å². The summed E-state index contributed by atoms with van der Waals surface area (Å²) in [7, 11) is 2.90. The van der Waals surface area contributed by atoms with Crippen molar-refractivity contribution in [2.24, 2.45) is 17.6 Å². The molecule has 0 unspecified atom stereocenters. The summed E-state index contributed by atoms with van der Waals surface area (Å²) >= 11 is 0. The number of benzene rings is 1. The number of hydrogen-bond acceptors (Lipinski definition) is 13. The minimum absolute atomic E-state index is 0.126. The summed E-state index contributed by atoms with van der Waals surface area (Å²) in [5, 5.41) is 17.6. The first-order valence-electron chi connectivity index (χ1n) is 20.0. The van der Waals surface area contributed by atoms with Gasteiger partial charge in [-0.1, -0.05) is 56.1 Å². The molecule has 15 nitrogen and oxygen atoms in total. The number of morpholine rings is 1. The fourth-order valence-corrected chi connectivity index (χ4v) is 7.41. The molecule has 0 radical (unpaired) electrons. The number of anilines is 1. The second-order valence-corrected chi connectivity index (χ2v) is 15.0. The first-order chi connectivity index (χ1) is 28.8. The van der Waals surface area contributed by atoms with Gasteiger partial charge < -0.3 is 49.7 Å². The Morgan fingerprint density at radius 1 is 1.10 bits per heavy atom. The lowest BCUT2D eigenvalue weighted by Gasteiger charge is -2.30. The Morgan fingerprint density at radius 2 is 1.87 bits per heavy atom. The molecular formula is C45H54N4O11. The van der Waals surface area contributed by atoms with Crippen molar-refractivity contribution >= 4 is 40.4 Å². The van der Waals surface area contributed by atoms with Crippen LogP contribution in [0.25, 0.3) is 11.0 Å². The molecule has 2 bridgehead atoms. The van der Waals surface area contributed by atoms with Gasteiger partial charge in [0, 0.05) is 70.0 Å². The van der Waals surface area contributed by atoms with Crippen molar-refractivity contribution in [3.8, 4) is 11.8 Å². The molecule has 0 saturated carbocycles. The van der Waals surface area contributed by atoms with Crippen molar-refractivity contribution in [3.63, 3.8) is 0 Å². The Bertz CT molecular complexity index is 2200. The number of allylic oxidation sites excluding steroid dienone is 4. The number of primary amides is 1. The third kappa shape index (κ3) is 11.7. The first kappa shape index (κ1) is 45.3. The minimum atomic E-state index is -1.02. The van der Waals surface area contributed by atoms with E-state index in [-0.39, 0.29) is 34.7 Å². The Labute approximate surface area is 349 Å². The number of unbranched alkanes of at least 4 members (excludes halogenated alkanes) is 1. The molecule has 3 aliphatic rings. The third-order valence-electron chi connectivity index (χ3n) is 10.5. The molecule has 60 heavy (non-hydrogen) atoms. The van der Waals surface area contributed by atoms with E-state index in [0.29, 0.717) is 80.1 Å². The standard InChI is InChI=1S/C45H54N4O11/c1-27-22-32-40(47-17-10-6-7-12-30-13-11-14-31-34(50)26-39(59-44(30)31)49-18-20-58-21-19-49)35(51)25-33(42(32)54)48-38(52)16-9-8-15-36(56-4)43(60-45(46)55)29(3)24-28(2)41(53)37(23-27)57-5/h8-9,11,13-16,24-28,36-37,41,43,47,53H,6,10,17-23H2,1-5H3,(H2,46,55)(H,48,52)/b15-8-,16-9+,29-24+/t27-,28+,36+,37+,41-,43+/m1/s1. The highest BCUT2D eigenvalue weighted by molar-refractivity contribution is 6.23. The average molecular weight is 827 g/mol. The van der Waals surface area contributed by atoms with Gasteiger partial charge in [0.2, 0.25) is 17.5 Å². The highest BCUT2D eigenvalue weighted by atomic mass is 16.6. The van der Waals surface area contributed by atoms with E-state index < -0.39 is 53.9 Å². The number of Topliss-reactive ketones (excluding diaryl/α,β-unsaturated/α-hetero) is 1. The maximum absolute atomic E-state index is 14.0. The van der Waals surface area contributed by atoms with E-state index in [1.807, 2.05) is 11.8 Å². The number of carbonyl (C=O) groups is 4. The number of carbonyl (C=O) groups excluding carboxylic acids is 4. The van der Waals surface area contributed by atoms with Crippen molar-refractivity contribution in [1.82, 2.24) is 10.6 Å².